The summed E-state index contributed by atoms with van der Waals surface area (Å²) in [6.07, 6.45) is 1.90. The summed E-state index contributed by atoms with van der Waals surface area (Å²) in [6.45, 7) is 2.82. The monoisotopic (exact) mass is 476 g/mol. The number of piperidine rings is 1. The van der Waals surface area contributed by atoms with Crippen molar-refractivity contribution in [3.8, 4) is 17.2 Å². The molecule has 8 nitrogen and oxygen atoms in total. The van der Waals surface area contributed by atoms with E-state index in [1.807, 2.05) is 31.2 Å². The number of aryl methyl sites for hydroxylation is 1. The summed E-state index contributed by atoms with van der Waals surface area (Å²) in [5.74, 6) is 1.07. The van der Waals surface area contributed by atoms with Gasteiger partial charge >= 0.3 is 0 Å². The number of amides is 1. The summed E-state index contributed by atoms with van der Waals surface area (Å²) >= 11 is 0. The maximum Gasteiger partial charge on any atom is 0.246 e. The average molecular weight is 477 g/mol. The van der Waals surface area contributed by atoms with Crippen LogP contribution in [0.5, 0.6) is 17.2 Å². The molecule has 2 aromatic rings. The molecule has 0 saturated carbocycles. The van der Waals surface area contributed by atoms with Gasteiger partial charge in [0.1, 0.15) is 10.6 Å². The lowest BCUT2D eigenvalue weighted by Crippen LogP contribution is -2.45. The predicted molar refractivity (Wildman–Crippen MR) is 125 cm³/mol. The molecule has 33 heavy (non-hydrogen) atoms. The molecule has 9 heteroatoms. The highest BCUT2D eigenvalue weighted by atomic mass is 32.2. The highest BCUT2D eigenvalue weighted by molar-refractivity contribution is 7.89. The number of carbonyl (C=O) groups excluding carboxylic acids is 1. The third-order valence-corrected chi connectivity index (χ3v) is 7.74. The van der Waals surface area contributed by atoms with Crippen molar-refractivity contribution < 1.29 is 27.4 Å². The van der Waals surface area contributed by atoms with E-state index in [2.05, 4.69) is 5.32 Å². The van der Waals surface area contributed by atoms with E-state index in [9.17, 15) is 13.2 Å². The van der Waals surface area contributed by atoms with E-state index in [1.54, 1.807) is 26.4 Å². The largest absolute Gasteiger partial charge is 0.495 e. The van der Waals surface area contributed by atoms with Crippen LogP contribution in [0.2, 0.25) is 0 Å². The molecule has 2 aromatic carbocycles. The molecular formula is C24H32N2O6S. The van der Waals surface area contributed by atoms with E-state index >= 15 is 0 Å². The van der Waals surface area contributed by atoms with Crippen LogP contribution in [0.1, 0.15) is 24.0 Å². The van der Waals surface area contributed by atoms with Gasteiger partial charge in [-0.05, 0) is 61.6 Å². The Morgan fingerprint density at radius 2 is 1.73 bits per heavy atom. The van der Waals surface area contributed by atoms with Gasteiger partial charge in [-0.1, -0.05) is 12.1 Å². The van der Waals surface area contributed by atoms with Crippen LogP contribution in [-0.2, 0) is 21.2 Å². The average Bonchev–Trinajstić information content (AvgIpc) is 2.83. The van der Waals surface area contributed by atoms with Gasteiger partial charge in [-0.15, -0.1) is 0 Å². The third kappa shape index (κ3) is 5.78. The molecule has 0 bridgehead atoms. The second-order valence-electron chi connectivity index (χ2n) is 8.09. The molecule has 0 aliphatic carbocycles. The first-order valence-electron chi connectivity index (χ1n) is 10.9. The minimum atomic E-state index is -3.77. The molecule has 1 amide bonds. The standard InChI is InChI=1S/C24H32N2O6S/c1-17-7-9-21(31-3)23(14-17)33(28,29)26-13-5-6-19(16-26)24(27)25-12-11-18-8-10-20(30-2)22(15-18)32-4/h7-10,14-15,19H,5-6,11-13,16H2,1-4H3,(H,25,27)/t19-/m1/s1. The lowest BCUT2D eigenvalue weighted by molar-refractivity contribution is -0.126. The normalized spacial score (nSPS) is 16.8. The zero-order valence-electron chi connectivity index (χ0n) is 19.6. The summed E-state index contributed by atoms with van der Waals surface area (Å²) in [7, 11) is 0.850. The molecule has 1 aliphatic heterocycles. The van der Waals surface area contributed by atoms with Crippen molar-refractivity contribution in [1.29, 1.82) is 0 Å². The van der Waals surface area contributed by atoms with E-state index in [1.165, 1.54) is 11.4 Å². The first-order valence-corrected chi connectivity index (χ1v) is 12.4. The van der Waals surface area contributed by atoms with Crippen LogP contribution < -0.4 is 19.5 Å². The Morgan fingerprint density at radius 1 is 1.03 bits per heavy atom. The van der Waals surface area contributed by atoms with Crippen LogP contribution in [0.25, 0.3) is 0 Å². The van der Waals surface area contributed by atoms with Crippen molar-refractivity contribution in [3.05, 3.63) is 47.5 Å². The molecule has 3 rings (SSSR count). The fourth-order valence-corrected chi connectivity index (χ4v) is 5.77. The van der Waals surface area contributed by atoms with Crippen LogP contribution in [0.15, 0.2) is 41.3 Å². The highest BCUT2D eigenvalue weighted by Crippen LogP contribution is 2.31. The number of methoxy groups -OCH3 is 3. The summed E-state index contributed by atoms with van der Waals surface area (Å²) < 4.78 is 43.8. The van der Waals surface area contributed by atoms with Crippen molar-refractivity contribution in [1.82, 2.24) is 9.62 Å². The number of nitrogens with zero attached hydrogens (tertiary/aromatic N) is 1. The van der Waals surface area contributed by atoms with Gasteiger partial charge in [-0.25, -0.2) is 8.42 Å². The fourth-order valence-electron chi connectivity index (χ4n) is 4.01. The van der Waals surface area contributed by atoms with Crippen LogP contribution in [0.4, 0.5) is 0 Å². The lowest BCUT2D eigenvalue weighted by Gasteiger charge is -2.31. The van der Waals surface area contributed by atoms with Crippen molar-refractivity contribution in [2.24, 2.45) is 5.92 Å². The quantitative estimate of drug-likeness (QED) is 0.598. The molecule has 1 atom stereocenters. The van der Waals surface area contributed by atoms with E-state index in [0.29, 0.717) is 49.6 Å². The molecule has 0 radical (unpaired) electrons. The summed E-state index contributed by atoms with van der Waals surface area (Å²) in [5, 5.41) is 2.95. The summed E-state index contributed by atoms with van der Waals surface area (Å²) in [5.41, 5.74) is 1.84. The number of ether oxygens (including phenoxy) is 3. The Balaban J connectivity index is 1.62. The van der Waals surface area contributed by atoms with Gasteiger partial charge in [-0.2, -0.15) is 4.31 Å². The molecule has 0 spiro atoms. The maximum atomic E-state index is 13.3. The Kier molecular flexibility index (Phi) is 8.20. The number of rotatable bonds is 9. The molecule has 1 heterocycles. The molecule has 1 N–H and O–H groups in total. The second kappa shape index (κ2) is 10.9. The van der Waals surface area contributed by atoms with Crippen LogP contribution in [-0.4, -0.2) is 59.6 Å². The van der Waals surface area contributed by atoms with Gasteiger partial charge < -0.3 is 19.5 Å². The topological polar surface area (TPSA) is 94.2 Å². The molecule has 1 aliphatic rings. The first-order chi connectivity index (χ1) is 15.8. The second-order valence-corrected chi connectivity index (χ2v) is 9.99. The molecule has 0 unspecified atom stereocenters. The minimum Gasteiger partial charge on any atom is -0.495 e. The molecular weight excluding hydrogens is 444 g/mol. The summed E-state index contributed by atoms with van der Waals surface area (Å²) in [4.78, 5) is 12.9. The third-order valence-electron chi connectivity index (χ3n) is 5.85. The number of hydrogen-bond acceptors (Lipinski definition) is 6. The molecule has 180 valence electrons. The van der Waals surface area contributed by atoms with Gasteiger partial charge in [0.2, 0.25) is 15.9 Å². The van der Waals surface area contributed by atoms with Crippen LogP contribution in [0.3, 0.4) is 0 Å². The van der Waals surface area contributed by atoms with E-state index in [0.717, 1.165) is 11.1 Å². The van der Waals surface area contributed by atoms with E-state index < -0.39 is 15.9 Å². The SMILES string of the molecule is COc1ccc(CCNC(=O)[C@@H]2CCCN(S(=O)(=O)c3cc(C)ccc3OC)C2)cc1OC. The van der Waals surface area contributed by atoms with Gasteiger partial charge in [0.15, 0.2) is 11.5 Å². The number of carbonyl (C=O) groups is 1. The number of nitrogens with one attached hydrogen (secondary N) is 1. The van der Waals surface area contributed by atoms with Gasteiger partial charge in [-0.3, -0.25) is 4.79 Å². The predicted octanol–water partition coefficient (Wildman–Crippen LogP) is 2.78. The lowest BCUT2D eigenvalue weighted by atomic mass is 9.99. The van der Waals surface area contributed by atoms with Crippen LogP contribution in [0, 0.1) is 12.8 Å². The number of sulfonamides is 1. The Bertz CT molecular complexity index is 1090. The van der Waals surface area contributed by atoms with Gasteiger partial charge in [0.25, 0.3) is 0 Å². The zero-order valence-corrected chi connectivity index (χ0v) is 20.4. The van der Waals surface area contributed by atoms with E-state index in [-0.39, 0.29) is 17.3 Å². The highest BCUT2D eigenvalue weighted by Gasteiger charge is 2.34. The molecule has 0 aromatic heterocycles. The van der Waals surface area contributed by atoms with Crippen molar-refractivity contribution in [3.63, 3.8) is 0 Å². The molecule has 1 fully saturated rings. The van der Waals surface area contributed by atoms with Crippen molar-refractivity contribution in [2.75, 3.05) is 41.0 Å². The number of benzene rings is 2. The number of hydrogen-bond donors (Lipinski definition) is 1. The fraction of sp³-hybridized carbons (Fsp3) is 0.458. The first kappa shape index (κ1) is 24.9. The Hall–Kier alpha value is -2.78. The van der Waals surface area contributed by atoms with Gasteiger partial charge in [0.05, 0.1) is 27.2 Å². The van der Waals surface area contributed by atoms with Crippen LogP contribution >= 0.6 is 0 Å². The summed E-state index contributed by atoms with van der Waals surface area (Å²) in [6, 6.07) is 10.7. The maximum absolute atomic E-state index is 13.3. The van der Waals surface area contributed by atoms with Gasteiger partial charge in [0, 0.05) is 19.6 Å². The van der Waals surface area contributed by atoms with Crippen molar-refractivity contribution in [2.45, 2.75) is 31.1 Å². The molecule has 1 saturated heterocycles. The Morgan fingerprint density at radius 3 is 2.42 bits per heavy atom. The van der Waals surface area contributed by atoms with Crippen molar-refractivity contribution >= 4 is 15.9 Å². The van der Waals surface area contributed by atoms with E-state index in [4.69, 9.17) is 14.2 Å². The minimum absolute atomic E-state index is 0.133. The Labute approximate surface area is 195 Å². The smallest absolute Gasteiger partial charge is 0.246 e. The zero-order chi connectivity index (χ0) is 24.0.